The first-order chi connectivity index (χ1) is 9.63. The molecule has 1 heterocycles. The number of nitrogens with one attached hydrogen (secondary N) is 1. The number of hydrogen-bond acceptors (Lipinski definition) is 4. The molecule has 4 nitrogen and oxygen atoms in total. The number of carbonyl (C=O) groups is 1. The minimum absolute atomic E-state index is 0.106. The van der Waals surface area contributed by atoms with Gasteiger partial charge in [0.1, 0.15) is 0 Å². The van der Waals surface area contributed by atoms with Gasteiger partial charge in [-0.15, -0.1) is 11.3 Å². The van der Waals surface area contributed by atoms with E-state index < -0.39 is 0 Å². The number of hydrogen-bond donors (Lipinski definition) is 2. The third-order valence-corrected chi connectivity index (χ3v) is 5.29. The van der Waals surface area contributed by atoms with Gasteiger partial charge in [0.05, 0.1) is 11.3 Å². The first-order valence-corrected chi connectivity index (χ1v) is 8.33. The average molecular weight is 399 g/mol. The molecule has 1 aliphatic carbocycles. The van der Waals surface area contributed by atoms with Gasteiger partial charge in [-0.05, 0) is 54.0 Å². The fraction of sp³-hybridized carbons (Fsp3) is 0.286. The van der Waals surface area contributed by atoms with Crippen LogP contribution in [0.2, 0.25) is 0 Å². The number of aromatic nitrogens is 1. The zero-order chi connectivity index (χ0) is 14.1. The number of fused-ring (bicyclic) bond motifs is 1. The van der Waals surface area contributed by atoms with Crippen LogP contribution < -0.4 is 11.1 Å². The van der Waals surface area contributed by atoms with Gasteiger partial charge in [-0.3, -0.25) is 10.1 Å². The molecule has 0 saturated carbocycles. The van der Waals surface area contributed by atoms with Gasteiger partial charge in [-0.1, -0.05) is 12.1 Å². The van der Waals surface area contributed by atoms with E-state index >= 15 is 0 Å². The Labute approximate surface area is 134 Å². The third kappa shape index (κ3) is 2.87. The lowest BCUT2D eigenvalue weighted by Gasteiger charge is -2.15. The fourth-order valence-electron chi connectivity index (χ4n) is 2.26. The summed E-state index contributed by atoms with van der Waals surface area (Å²) < 4.78 is 0.936. The molecule has 1 aromatic heterocycles. The van der Waals surface area contributed by atoms with Crippen molar-refractivity contribution in [1.82, 2.24) is 4.98 Å². The SMILES string of the molecule is N[C@H]1CCc2nc(NC(=O)c3ccccc3I)sc2C1. The molecule has 1 aromatic carbocycles. The van der Waals surface area contributed by atoms with Crippen LogP contribution in [0.5, 0.6) is 0 Å². The van der Waals surface area contributed by atoms with E-state index in [2.05, 4.69) is 32.9 Å². The van der Waals surface area contributed by atoms with Crippen LogP contribution in [0.25, 0.3) is 0 Å². The highest BCUT2D eigenvalue weighted by molar-refractivity contribution is 14.1. The van der Waals surface area contributed by atoms with E-state index in [-0.39, 0.29) is 11.9 Å². The summed E-state index contributed by atoms with van der Waals surface area (Å²) in [4.78, 5) is 18.0. The van der Waals surface area contributed by atoms with Gasteiger partial charge in [0.2, 0.25) is 0 Å². The predicted molar refractivity (Wildman–Crippen MR) is 89.2 cm³/mol. The Morgan fingerprint density at radius 2 is 2.25 bits per heavy atom. The number of rotatable bonds is 2. The smallest absolute Gasteiger partial charge is 0.258 e. The maximum absolute atomic E-state index is 12.2. The summed E-state index contributed by atoms with van der Waals surface area (Å²) in [6.45, 7) is 0. The number of nitrogens with zero attached hydrogens (tertiary/aromatic N) is 1. The van der Waals surface area contributed by atoms with Crippen molar-refractivity contribution in [3.8, 4) is 0 Å². The van der Waals surface area contributed by atoms with E-state index in [1.54, 1.807) is 11.3 Å². The first kappa shape index (κ1) is 14.0. The van der Waals surface area contributed by atoms with Gasteiger partial charge < -0.3 is 5.73 Å². The summed E-state index contributed by atoms with van der Waals surface area (Å²) in [5.41, 5.74) is 7.73. The molecule has 2 aromatic rings. The van der Waals surface area contributed by atoms with Crippen molar-refractivity contribution in [2.45, 2.75) is 25.3 Å². The van der Waals surface area contributed by atoms with Crippen molar-refractivity contribution in [3.05, 3.63) is 44.0 Å². The van der Waals surface area contributed by atoms with Gasteiger partial charge in [-0.2, -0.15) is 0 Å². The number of thiazole rings is 1. The summed E-state index contributed by atoms with van der Waals surface area (Å²) >= 11 is 3.71. The lowest BCUT2D eigenvalue weighted by atomic mass is 9.99. The van der Waals surface area contributed by atoms with Crippen molar-refractivity contribution in [2.75, 3.05) is 5.32 Å². The number of anilines is 1. The lowest BCUT2D eigenvalue weighted by Crippen LogP contribution is -2.27. The Kier molecular flexibility index (Phi) is 4.04. The maximum atomic E-state index is 12.2. The van der Waals surface area contributed by atoms with Gasteiger partial charge in [0.25, 0.3) is 5.91 Å². The van der Waals surface area contributed by atoms with E-state index in [4.69, 9.17) is 5.73 Å². The molecule has 20 heavy (non-hydrogen) atoms. The van der Waals surface area contributed by atoms with Crippen LogP contribution in [-0.4, -0.2) is 16.9 Å². The van der Waals surface area contributed by atoms with Crippen LogP contribution in [0.4, 0.5) is 5.13 Å². The topological polar surface area (TPSA) is 68.0 Å². The number of amides is 1. The van der Waals surface area contributed by atoms with Crippen LogP contribution in [0.3, 0.4) is 0 Å². The van der Waals surface area contributed by atoms with Crippen molar-refractivity contribution in [1.29, 1.82) is 0 Å². The van der Waals surface area contributed by atoms with Crippen molar-refractivity contribution in [3.63, 3.8) is 0 Å². The molecular formula is C14H14IN3OS. The monoisotopic (exact) mass is 399 g/mol. The Balaban J connectivity index is 1.79. The van der Waals surface area contributed by atoms with Crippen LogP contribution in [0.15, 0.2) is 24.3 Å². The molecule has 0 spiro atoms. The highest BCUT2D eigenvalue weighted by atomic mass is 127. The second-order valence-electron chi connectivity index (χ2n) is 4.83. The molecule has 0 aliphatic heterocycles. The van der Waals surface area contributed by atoms with E-state index in [0.717, 1.165) is 28.5 Å². The van der Waals surface area contributed by atoms with Gasteiger partial charge >= 0.3 is 0 Å². The summed E-state index contributed by atoms with van der Waals surface area (Å²) in [7, 11) is 0. The molecule has 0 saturated heterocycles. The number of aryl methyl sites for hydroxylation is 1. The average Bonchev–Trinajstić information content (AvgIpc) is 2.80. The minimum atomic E-state index is -0.106. The highest BCUT2D eigenvalue weighted by Gasteiger charge is 2.21. The third-order valence-electron chi connectivity index (χ3n) is 3.32. The molecule has 0 fully saturated rings. The van der Waals surface area contributed by atoms with Crippen LogP contribution in [-0.2, 0) is 12.8 Å². The normalized spacial score (nSPS) is 17.6. The molecule has 0 unspecified atom stereocenters. The predicted octanol–water partition coefficient (Wildman–Crippen LogP) is 2.82. The molecule has 3 rings (SSSR count). The molecule has 0 bridgehead atoms. The van der Waals surface area contributed by atoms with Crippen molar-refractivity contribution >= 4 is 45.0 Å². The van der Waals surface area contributed by atoms with Crippen LogP contribution >= 0.6 is 33.9 Å². The number of benzene rings is 1. The summed E-state index contributed by atoms with van der Waals surface area (Å²) in [6.07, 6.45) is 2.75. The van der Waals surface area contributed by atoms with E-state index in [1.165, 1.54) is 4.88 Å². The maximum Gasteiger partial charge on any atom is 0.258 e. The van der Waals surface area contributed by atoms with E-state index in [9.17, 15) is 4.79 Å². The van der Waals surface area contributed by atoms with Gasteiger partial charge in [0, 0.05) is 14.5 Å². The fourth-order valence-corrected chi connectivity index (χ4v) is 3.99. The summed E-state index contributed by atoms with van der Waals surface area (Å²) in [6, 6.07) is 7.74. The Bertz CT molecular complexity index is 656. The Morgan fingerprint density at radius 1 is 1.45 bits per heavy atom. The van der Waals surface area contributed by atoms with Gasteiger partial charge in [-0.25, -0.2) is 4.98 Å². The second-order valence-corrected chi connectivity index (χ2v) is 7.07. The van der Waals surface area contributed by atoms with E-state index in [1.807, 2.05) is 24.3 Å². The lowest BCUT2D eigenvalue weighted by molar-refractivity contribution is 0.102. The largest absolute Gasteiger partial charge is 0.327 e. The molecule has 1 aliphatic rings. The number of halogens is 1. The zero-order valence-electron chi connectivity index (χ0n) is 10.7. The number of nitrogens with two attached hydrogens (primary N) is 1. The van der Waals surface area contributed by atoms with Crippen molar-refractivity contribution < 1.29 is 4.79 Å². The van der Waals surface area contributed by atoms with Crippen molar-refractivity contribution in [2.24, 2.45) is 5.73 Å². The summed E-state index contributed by atoms with van der Waals surface area (Å²) in [5, 5.41) is 3.57. The Hall–Kier alpha value is -0.990. The number of carbonyl (C=O) groups excluding carboxylic acids is 1. The minimum Gasteiger partial charge on any atom is -0.327 e. The standard InChI is InChI=1S/C14H14IN3OS/c15-10-4-2-1-3-9(10)13(19)18-14-17-11-6-5-8(16)7-12(11)20-14/h1-4,8H,5-7,16H2,(H,17,18,19)/t8-/m0/s1. The van der Waals surface area contributed by atoms with Crippen LogP contribution in [0.1, 0.15) is 27.3 Å². The molecule has 6 heteroatoms. The first-order valence-electron chi connectivity index (χ1n) is 6.43. The van der Waals surface area contributed by atoms with Gasteiger partial charge in [0.15, 0.2) is 5.13 Å². The molecule has 1 atom stereocenters. The van der Waals surface area contributed by atoms with E-state index in [0.29, 0.717) is 10.7 Å². The highest BCUT2D eigenvalue weighted by Crippen LogP contribution is 2.29. The quantitative estimate of drug-likeness (QED) is 0.764. The summed E-state index contributed by atoms with van der Waals surface area (Å²) in [5.74, 6) is -0.106. The molecule has 0 radical (unpaired) electrons. The van der Waals surface area contributed by atoms with Crippen LogP contribution in [0, 0.1) is 3.57 Å². The molecule has 3 N–H and O–H groups in total. The Morgan fingerprint density at radius 3 is 3.05 bits per heavy atom. The second kappa shape index (κ2) is 5.79. The zero-order valence-corrected chi connectivity index (χ0v) is 13.7. The molecule has 1 amide bonds. The molecule has 104 valence electrons. The molecular weight excluding hydrogens is 385 g/mol.